The number of halogens is 1. The monoisotopic (exact) mass is 328 g/mol. The van der Waals surface area contributed by atoms with Gasteiger partial charge in [0.2, 0.25) is 0 Å². The highest BCUT2D eigenvalue weighted by atomic mass is 19.1. The zero-order valence-electron chi connectivity index (χ0n) is 14.5. The summed E-state index contributed by atoms with van der Waals surface area (Å²) in [6.07, 6.45) is 5.52. The Morgan fingerprint density at radius 2 is 1.62 bits per heavy atom. The van der Waals surface area contributed by atoms with Gasteiger partial charge >= 0.3 is 0 Å². The van der Waals surface area contributed by atoms with Crippen molar-refractivity contribution in [1.82, 2.24) is 0 Å². The van der Waals surface area contributed by atoms with Crippen molar-refractivity contribution in [3.8, 4) is 11.5 Å². The van der Waals surface area contributed by atoms with Crippen molar-refractivity contribution < 1.29 is 13.9 Å². The van der Waals surface area contributed by atoms with Crippen LogP contribution < -0.4 is 4.74 Å². The molecule has 0 saturated heterocycles. The lowest BCUT2D eigenvalue weighted by Crippen LogP contribution is -2.04. The first-order valence-corrected chi connectivity index (χ1v) is 8.73. The highest BCUT2D eigenvalue weighted by Crippen LogP contribution is 2.26. The van der Waals surface area contributed by atoms with Gasteiger partial charge in [0.15, 0.2) is 5.78 Å². The van der Waals surface area contributed by atoms with Crippen LogP contribution in [0, 0.1) is 5.82 Å². The summed E-state index contributed by atoms with van der Waals surface area (Å²) in [7, 11) is 0. The molecule has 0 spiro atoms. The Balaban J connectivity index is 2.23. The van der Waals surface area contributed by atoms with Gasteiger partial charge in [-0.25, -0.2) is 4.39 Å². The number of rotatable bonds is 9. The molecule has 0 aliphatic carbocycles. The third-order valence-corrected chi connectivity index (χ3v) is 3.99. The predicted octanol–water partition coefficient (Wildman–Crippen LogP) is 6.33. The van der Waals surface area contributed by atoms with Crippen molar-refractivity contribution >= 4 is 5.78 Å². The van der Waals surface area contributed by atoms with E-state index in [1.54, 1.807) is 12.1 Å². The maximum Gasteiger partial charge on any atom is 0.163 e. The standard InChI is InChI=1S/C21H25FO2/c1-3-5-7-16-9-12-19(15-20(16)21(23)8-6-4-2)24-18-13-10-17(22)11-14-18/h9-15H,3-8H2,1-2H3. The minimum absolute atomic E-state index is 0.174. The van der Waals surface area contributed by atoms with E-state index in [0.29, 0.717) is 17.9 Å². The molecule has 0 radical (unpaired) electrons. The van der Waals surface area contributed by atoms with Crippen LogP contribution in [0.5, 0.6) is 11.5 Å². The van der Waals surface area contributed by atoms with Gasteiger partial charge in [-0.1, -0.05) is 32.8 Å². The molecule has 0 heterocycles. The van der Waals surface area contributed by atoms with Crippen LogP contribution in [-0.2, 0) is 6.42 Å². The van der Waals surface area contributed by atoms with Crippen molar-refractivity contribution in [2.45, 2.75) is 52.4 Å². The fourth-order valence-corrected chi connectivity index (χ4v) is 2.57. The Labute approximate surface area is 143 Å². The van der Waals surface area contributed by atoms with Gasteiger partial charge in [-0.15, -0.1) is 0 Å². The second-order valence-corrected chi connectivity index (χ2v) is 6.01. The Bertz CT molecular complexity index is 662. The molecule has 0 N–H and O–H groups in total. The normalized spacial score (nSPS) is 10.6. The van der Waals surface area contributed by atoms with E-state index in [4.69, 9.17) is 4.74 Å². The highest BCUT2D eigenvalue weighted by Gasteiger charge is 2.13. The van der Waals surface area contributed by atoms with Gasteiger partial charge < -0.3 is 4.74 Å². The molecular weight excluding hydrogens is 303 g/mol. The number of Topliss-reactive ketones (excluding diaryl/α,β-unsaturated/α-hetero) is 1. The largest absolute Gasteiger partial charge is 0.457 e. The summed E-state index contributed by atoms with van der Waals surface area (Å²) < 4.78 is 18.8. The van der Waals surface area contributed by atoms with E-state index < -0.39 is 0 Å². The molecule has 0 aliphatic heterocycles. The Morgan fingerprint density at radius 3 is 2.29 bits per heavy atom. The number of carbonyl (C=O) groups excluding carboxylic acids is 1. The maximum absolute atomic E-state index is 13.0. The number of benzene rings is 2. The summed E-state index contributed by atoms with van der Waals surface area (Å²) in [6, 6.07) is 11.6. The molecule has 2 aromatic carbocycles. The SMILES string of the molecule is CCCCC(=O)c1cc(Oc2ccc(F)cc2)ccc1CCCC. The van der Waals surface area contributed by atoms with Crippen LogP contribution in [-0.4, -0.2) is 5.78 Å². The molecule has 0 aromatic heterocycles. The molecule has 3 heteroatoms. The summed E-state index contributed by atoms with van der Waals surface area (Å²) >= 11 is 0. The average molecular weight is 328 g/mol. The van der Waals surface area contributed by atoms with Crippen molar-refractivity contribution in [3.05, 3.63) is 59.4 Å². The first kappa shape index (κ1) is 18.2. The minimum atomic E-state index is -0.298. The van der Waals surface area contributed by atoms with Crippen molar-refractivity contribution in [1.29, 1.82) is 0 Å². The Morgan fingerprint density at radius 1 is 0.958 bits per heavy atom. The summed E-state index contributed by atoms with van der Waals surface area (Å²) in [4.78, 5) is 12.5. The Hall–Kier alpha value is -2.16. The molecule has 128 valence electrons. The predicted molar refractivity (Wildman–Crippen MR) is 95.4 cm³/mol. The van der Waals surface area contributed by atoms with Crippen LogP contribution in [0.15, 0.2) is 42.5 Å². The van der Waals surface area contributed by atoms with Crippen LogP contribution in [0.2, 0.25) is 0 Å². The van der Waals surface area contributed by atoms with E-state index in [1.165, 1.54) is 12.1 Å². The second-order valence-electron chi connectivity index (χ2n) is 6.01. The molecule has 0 aliphatic rings. The van der Waals surface area contributed by atoms with E-state index in [1.807, 2.05) is 18.2 Å². The molecule has 0 amide bonds. The summed E-state index contributed by atoms with van der Waals surface area (Å²) in [5.41, 5.74) is 1.85. The van der Waals surface area contributed by atoms with Gasteiger partial charge in [0, 0.05) is 12.0 Å². The highest BCUT2D eigenvalue weighted by molar-refractivity contribution is 5.97. The second kappa shape index (κ2) is 9.21. The number of ether oxygens (including phenoxy) is 1. The lowest BCUT2D eigenvalue weighted by atomic mass is 9.96. The van der Waals surface area contributed by atoms with Crippen molar-refractivity contribution in [2.24, 2.45) is 0 Å². The van der Waals surface area contributed by atoms with Gasteiger partial charge in [0.05, 0.1) is 0 Å². The maximum atomic E-state index is 13.0. The summed E-state index contributed by atoms with van der Waals surface area (Å²) in [6.45, 7) is 4.23. The lowest BCUT2D eigenvalue weighted by Gasteiger charge is -2.12. The van der Waals surface area contributed by atoms with Crippen molar-refractivity contribution in [2.75, 3.05) is 0 Å². The number of aryl methyl sites for hydroxylation is 1. The average Bonchev–Trinajstić information content (AvgIpc) is 2.60. The molecule has 2 aromatic rings. The van der Waals surface area contributed by atoms with E-state index in [-0.39, 0.29) is 11.6 Å². The van der Waals surface area contributed by atoms with Gasteiger partial charge in [0.1, 0.15) is 17.3 Å². The third-order valence-electron chi connectivity index (χ3n) is 3.99. The molecular formula is C21H25FO2. The first-order chi connectivity index (χ1) is 11.6. The molecule has 0 unspecified atom stereocenters. The molecule has 0 bridgehead atoms. The topological polar surface area (TPSA) is 26.3 Å². The van der Waals surface area contributed by atoms with E-state index in [9.17, 15) is 9.18 Å². The molecule has 0 saturated carbocycles. The van der Waals surface area contributed by atoms with E-state index >= 15 is 0 Å². The lowest BCUT2D eigenvalue weighted by molar-refractivity contribution is 0.0978. The van der Waals surface area contributed by atoms with Gasteiger partial charge in [-0.3, -0.25) is 4.79 Å². The molecule has 0 fully saturated rings. The smallest absolute Gasteiger partial charge is 0.163 e. The molecule has 2 nitrogen and oxygen atoms in total. The number of carbonyl (C=O) groups is 1. The number of ketones is 1. The zero-order valence-corrected chi connectivity index (χ0v) is 14.5. The van der Waals surface area contributed by atoms with Crippen LogP contribution in [0.25, 0.3) is 0 Å². The van der Waals surface area contributed by atoms with E-state index in [0.717, 1.165) is 43.2 Å². The van der Waals surface area contributed by atoms with E-state index in [2.05, 4.69) is 13.8 Å². The molecule has 2 rings (SSSR count). The quantitative estimate of drug-likeness (QED) is 0.502. The van der Waals surface area contributed by atoms with Crippen LogP contribution in [0.4, 0.5) is 4.39 Å². The number of hydrogen-bond acceptors (Lipinski definition) is 2. The van der Waals surface area contributed by atoms with Gasteiger partial charge in [0.25, 0.3) is 0 Å². The first-order valence-electron chi connectivity index (χ1n) is 8.73. The van der Waals surface area contributed by atoms with Crippen LogP contribution in [0.3, 0.4) is 0 Å². The number of unbranched alkanes of at least 4 members (excludes halogenated alkanes) is 2. The number of hydrogen-bond donors (Lipinski definition) is 0. The summed E-state index contributed by atoms with van der Waals surface area (Å²) in [5.74, 6) is 1.05. The fourth-order valence-electron chi connectivity index (χ4n) is 2.57. The van der Waals surface area contributed by atoms with Crippen molar-refractivity contribution in [3.63, 3.8) is 0 Å². The van der Waals surface area contributed by atoms with Crippen LogP contribution >= 0.6 is 0 Å². The zero-order chi connectivity index (χ0) is 17.4. The fraction of sp³-hybridized carbons (Fsp3) is 0.381. The summed E-state index contributed by atoms with van der Waals surface area (Å²) in [5, 5.41) is 0. The molecule has 0 atom stereocenters. The minimum Gasteiger partial charge on any atom is -0.457 e. The van der Waals surface area contributed by atoms with Gasteiger partial charge in [-0.2, -0.15) is 0 Å². The van der Waals surface area contributed by atoms with Gasteiger partial charge in [-0.05, 0) is 61.2 Å². The van der Waals surface area contributed by atoms with Crippen LogP contribution in [0.1, 0.15) is 61.9 Å². The Kier molecular flexibility index (Phi) is 6.98. The molecule has 24 heavy (non-hydrogen) atoms. The third kappa shape index (κ3) is 5.19.